The molecule has 0 saturated carbocycles. The van der Waals surface area contributed by atoms with E-state index in [1.54, 1.807) is 19.1 Å². The van der Waals surface area contributed by atoms with E-state index >= 15 is 0 Å². The molecule has 0 fully saturated rings. The van der Waals surface area contributed by atoms with Gasteiger partial charge in [-0.15, -0.1) is 0 Å². The predicted molar refractivity (Wildman–Crippen MR) is 155 cm³/mol. The number of carbonyl (C=O) groups is 4. The molecule has 0 spiro atoms. The molecular weight excluding hydrogens is 547 g/mol. The van der Waals surface area contributed by atoms with Crippen molar-refractivity contribution < 1.29 is 28.7 Å². The predicted octanol–water partition coefficient (Wildman–Crippen LogP) is -0.999. The zero-order chi connectivity index (χ0) is 31.2. The van der Waals surface area contributed by atoms with E-state index in [-0.39, 0.29) is 44.1 Å². The Balaban J connectivity index is 2.07. The number of aliphatic imine (C=N–C) groups is 1. The minimum atomic E-state index is -1.06. The van der Waals surface area contributed by atoms with Gasteiger partial charge in [-0.1, -0.05) is 24.3 Å². The Hall–Kier alpha value is -4.72. The minimum Gasteiger partial charge on any atom is -0.508 e. The Morgan fingerprint density at radius 1 is 0.952 bits per heavy atom. The van der Waals surface area contributed by atoms with Gasteiger partial charge in [0.2, 0.25) is 23.6 Å². The summed E-state index contributed by atoms with van der Waals surface area (Å²) in [5.74, 6) is -3.07. The number of hydrogen-bond acceptors (Lipinski definition) is 7. The van der Waals surface area contributed by atoms with E-state index in [1.807, 2.05) is 0 Å². The molecule has 2 aromatic rings. The Labute approximate surface area is 243 Å². The monoisotopic (exact) mass is 586 g/mol. The lowest BCUT2D eigenvalue weighted by Gasteiger charge is -2.29. The van der Waals surface area contributed by atoms with Crippen LogP contribution in [0, 0.1) is 5.82 Å². The number of benzene rings is 2. The number of rotatable bonds is 16. The number of phenolic OH excluding ortho intramolecular Hbond substituents is 1. The van der Waals surface area contributed by atoms with Crippen molar-refractivity contribution in [3.8, 4) is 5.75 Å². The third-order valence-corrected chi connectivity index (χ3v) is 6.43. The summed E-state index contributed by atoms with van der Waals surface area (Å²) in [6.07, 6.45) is 0.687. The maximum Gasteiger partial charge on any atom is 0.243 e. The Kier molecular flexibility index (Phi) is 13.2. The molecule has 11 N–H and O–H groups in total. The van der Waals surface area contributed by atoms with Gasteiger partial charge in [0.05, 0.1) is 12.6 Å². The lowest BCUT2D eigenvalue weighted by molar-refractivity contribution is -0.139. The molecule has 0 heterocycles. The normalized spacial score (nSPS) is 12.8. The molecule has 42 heavy (non-hydrogen) atoms. The molecule has 0 unspecified atom stereocenters. The van der Waals surface area contributed by atoms with Gasteiger partial charge in [0.25, 0.3) is 0 Å². The number of nitrogens with zero attached hydrogens (tertiary/aromatic N) is 2. The first-order chi connectivity index (χ1) is 19.9. The number of primary amides is 1. The molecule has 0 aromatic heterocycles. The molecule has 0 bridgehead atoms. The number of phenols is 1. The zero-order valence-electron chi connectivity index (χ0n) is 23.5. The van der Waals surface area contributed by atoms with E-state index in [1.165, 1.54) is 41.3 Å². The van der Waals surface area contributed by atoms with Crippen LogP contribution < -0.4 is 33.6 Å². The lowest BCUT2D eigenvalue weighted by Crippen LogP contribution is -2.55. The van der Waals surface area contributed by atoms with Crippen molar-refractivity contribution in [1.29, 1.82) is 0 Å². The molecule has 0 saturated heterocycles. The second-order valence-electron chi connectivity index (χ2n) is 9.63. The molecule has 0 aliphatic rings. The Morgan fingerprint density at radius 3 is 2.12 bits per heavy atom. The summed E-state index contributed by atoms with van der Waals surface area (Å²) in [6, 6.07) is 8.57. The average Bonchev–Trinajstić information content (AvgIpc) is 2.95. The average molecular weight is 587 g/mol. The topological polar surface area (TPSA) is 232 Å². The van der Waals surface area contributed by atoms with Crippen LogP contribution in [-0.2, 0) is 32.0 Å². The van der Waals surface area contributed by atoms with Crippen molar-refractivity contribution in [1.82, 2.24) is 15.5 Å². The smallest absolute Gasteiger partial charge is 0.243 e. The number of nitrogens with two attached hydrogens (primary N) is 4. The fourth-order valence-electron chi connectivity index (χ4n) is 4.20. The van der Waals surface area contributed by atoms with Crippen molar-refractivity contribution in [2.24, 2.45) is 27.9 Å². The first-order valence-electron chi connectivity index (χ1n) is 13.4. The molecule has 0 aliphatic heterocycles. The molecule has 228 valence electrons. The first-order valence-corrected chi connectivity index (χ1v) is 13.4. The number of hydrogen-bond donors (Lipinski definition) is 7. The number of likely N-dealkylation sites (N-methyl/N-ethyl adjacent to an activating group) is 1. The van der Waals surface area contributed by atoms with E-state index in [9.17, 15) is 28.7 Å². The fraction of sp³-hybridized carbons (Fsp3) is 0.393. The SMILES string of the molecule is CCN(C(=O)CNC(=O)[C@@H](CCCN=C(N)N)NC(=O)[C@@H](N)Cc1ccc(O)cc1)[C@H](Cc1ccc(F)cc1)C(N)=O. The van der Waals surface area contributed by atoms with Crippen LogP contribution in [0.3, 0.4) is 0 Å². The van der Waals surface area contributed by atoms with Gasteiger partial charge >= 0.3 is 0 Å². The fourth-order valence-corrected chi connectivity index (χ4v) is 4.20. The van der Waals surface area contributed by atoms with Crippen LogP contribution in [0.25, 0.3) is 0 Å². The number of carbonyl (C=O) groups excluding carboxylic acids is 4. The number of halogens is 1. The molecule has 0 radical (unpaired) electrons. The lowest BCUT2D eigenvalue weighted by atomic mass is 10.0. The van der Waals surface area contributed by atoms with Crippen LogP contribution in [0.15, 0.2) is 53.5 Å². The molecule has 2 rings (SSSR count). The second kappa shape index (κ2) is 16.5. The van der Waals surface area contributed by atoms with Gasteiger partial charge in [-0.25, -0.2) is 4.39 Å². The van der Waals surface area contributed by atoms with Gasteiger partial charge < -0.3 is 43.6 Å². The standard InChI is InChI=1S/C28H39FN8O5/c1-2-37(23(25(31)40)15-18-5-9-19(29)10-6-18)24(39)16-35-27(42)22(4-3-13-34-28(32)33)36-26(41)21(30)14-17-7-11-20(38)12-8-17/h5-12,21-23,38H,2-4,13-16,30H2,1H3,(H2,31,40)(H,35,42)(H,36,41)(H4,32,33,34)/t21-,22+,23+/m0/s1. The second-order valence-corrected chi connectivity index (χ2v) is 9.63. The highest BCUT2D eigenvalue weighted by atomic mass is 19.1. The van der Waals surface area contributed by atoms with Crippen molar-refractivity contribution in [3.05, 3.63) is 65.5 Å². The van der Waals surface area contributed by atoms with E-state index in [0.29, 0.717) is 17.5 Å². The molecule has 4 amide bonds. The van der Waals surface area contributed by atoms with Crippen LogP contribution in [0.5, 0.6) is 5.75 Å². The molecule has 2 aromatic carbocycles. The Morgan fingerprint density at radius 2 is 1.55 bits per heavy atom. The van der Waals surface area contributed by atoms with Crippen molar-refractivity contribution in [2.45, 2.75) is 50.7 Å². The van der Waals surface area contributed by atoms with E-state index in [4.69, 9.17) is 22.9 Å². The maximum atomic E-state index is 13.3. The molecule has 13 nitrogen and oxygen atoms in total. The third-order valence-electron chi connectivity index (χ3n) is 6.43. The third kappa shape index (κ3) is 11.0. The van der Waals surface area contributed by atoms with Crippen LogP contribution in [-0.4, -0.2) is 77.4 Å². The van der Waals surface area contributed by atoms with Gasteiger partial charge in [-0.2, -0.15) is 0 Å². The summed E-state index contributed by atoms with van der Waals surface area (Å²) in [5, 5.41) is 14.6. The quantitative estimate of drug-likeness (QED) is 0.0730. The van der Waals surface area contributed by atoms with Crippen LogP contribution in [0.2, 0.25) is 0 Å². The number of amides is 4. The highest BCUT2D eigenvalue weighted by Gasteiger charge is 2.29. The summed E-state index contributed by atoms with van der Waals surface area (Å²) >= 11 is 0. The van der Waals surface area contributed by atoms with Crippen molar-refractivity contribution >= 4 is 29.6 Å². The summed E-state index contributed by atoms with van der Waals surface area (Å²) < 4.78 is 13.3. The Bertz CT molecular complexity index is 1240. The largest absolute Gasteiger partial charge is 0.508 e. The zero-order valence-corrected chi connectivity index (χ0v) is 23.5. The highest BCUT2D eigenvalue weighted by molar-refractivity contribution is 5.93. The molecular formula is C28H39FN8O5. The molecule has 0 aliphatic carbocycles. The highest BCUT2D eigenvalue weighted by Crippen LogP contribution is 2.12. The first kappa shape index (κ1) is 33.5. The number of aromatic hydroxyl groups is 1. The molecule has 14 heteroatoms. The maximum absolute atomic E-state index is 13.3. The number of guanidine groups is 1. The van der Waals surface area contributed by atoms with E-state index < -0.39 is 54.1 Å². The summed E-state index contributed by atoms with van der Waals surface area (Å²) in [4.78, 5) is 56.3. The van der Waals surface area contributed by atoms with Gasteiger partial charge in [0.1, 0.15) is 23.7 Å². The van der Waals surface area contributed by atoms with Gasteiger partial charge in [-0.05, 0) is 61.6 Å². The summed E-state index contributed by atoms with van der Waals surface area (Å²) in [6.45, 7) is 1.50. The van der Waals surface area contributed by atoms with E-state index in [2.05, 4.69) is 15.6 Å². The van der Waals surface area contributed by atoms with Gasteiger partial charge in [0, 0.05) is 19.5 Å². The van der Waals surface area contributed by atoms with Crippen molar-refractivity contribution in [3.63, 3.8) is 0 Å². The van der Waals surface area contributed by atoms with E-state index in [0.717, 1.165) is 0 Å². The summed E-state index contributed by atoms with van der Waals surface area (Å²) in [7, 11) is 0. The number of nitrogens with one attached hydrogen (secondary N) is 2. The molecule has 3 atom stereocenters. The van der Waals surface area contributed by atoms with Crippen LogP contribution in [0.4, 0.5) is 4.39 Å². The van der Waals surface area contributed by atoms with Crippen molar-refractivity contribution in [2.75, 3.05) is 19.6 Å². The van der Waals surface area contributed by atoms with Gasteiger partial charge in [0.15, 0.2) is 5.96 Å². The summed E-state index contributed by atoms with van der Waals surface area (Å²) in [5.41, 5.74) is 23.6. The van der Waals surface area contributed by atoms with Crippen LogP contribution in [0.1, 0.15) is 30.9 Å². The van der Waals surface area contributed by atoms with Gasteiger partial charge in [-0.3, -0.25) is 24.2 Å². The minimum absolute atomic E-state index is 0.0610. The van der Waals surface area contributed by atoms with Crippen LogP contribution >= 0.6 is 0 Å².